The highest BCUT2D eigenvalue weighted by Crippen LogP contribution is 2.07. The van der Waals surface area contributed by atoms with Crippen molar-refractivity contribution in [2.45, 2.75) is 26.8 Å². The van der Waals surface area contributed by atoms with Crippen molar-refractivity contribution in [2.75, 3.05) is 0 Å². The first-order chi connectivity index (χ1) is 5.18. The standard InChI is InChI=1S/C8H13ClN2/c1-7(2)3-4-11-6-8(9)5-10-11/h5-7H,3-4H2,1-2H3. The van der Waals surface area contributed by atoms with E-state index in [-0.39, 0.29) is 0 Å². The van der Waals surface area contributed by atoms with Gasteiger partial charge in [-0.05, 0) is 12.3 Å². The Hall–Kier alpha value is -0.500. The maximum atomic E-state index is 5.69. The van der Waals surface area contributed by atoms with E-state index in [0.717, 1.165) is 18.9 Å². The smallest absolute Gasteiger partial charge is 0.0785 e. The van der Waals surface area contributed by atoms with Crippen LogP contribution in [0, 0.1) is 5.92 Å². The van der Waals surface area contributed by atoms with Gasteiger partial charge in [-0.1, -0.05) is 25.4 Å². The summed E-state index contributed by atoms with van der Waals surface area (Å²) in [6, 6.07) is 0. The van der Waals surface area contributed by atoms with E-state index in [2.05, 4.69) is 18.9 Å². The van der Waals surface area contributed by atoms with Gasteiger partial charge in [0.1, 0.15) is 0 Å². The number of rotatable bonds is 3. The quantitative estimate of drug-likeness (QED) is 0.686. The third-order valence-corrected chi connectivity index (χ3v) is 1.73. The van der Waals surface area contributed by atoms with Gasteiger partial charge in [0.05, 0.1) is 11.2 Å². The Kier molecular flexibility index (Phi) is 2.94. The third-order valence-electron chi connectivity index (χ3n) is 1.54. The first-order valence-corrected chi connectivity index (χ1v) is 4.24. The summed E-state index contributed by atoms with van der Waals surface area (Å²) in [4.78, 5) is 0. The van der Waals surface area contributed by atoms with Crippen LogP contribution >= 0.6 is 11.6 Å². The molecule has 1 heterocycles. The van der Waals surface area contributed by atoms with Gasteiger partial charge in [0.25, 0.3) is 0 Å². The van der Waals surface area contributed by atoms with E-state index < -0.39 is 0 Å². The molecule has 1 rings (SSSR count). The van der Waals surface area contributed by atoms with Gasteiger partial charge in [0.15, 0.2) is 0 Å². The Balaban J connectivity index is 2.39. The summed E-state index contributed by atoms with van der Waals surface area (Å²) in [6.07, 6.45) is 4.67. The lowest BCUT2D eigenvalue weighted by atomic mass is 10.1. The van der Waals surface area contributed by atoms with Crippen LogP contribution < -0.4 is 0 Å². The number of halogens is 1. The Bertz CT molecular complexity index is 218. The molecule has 0 aliphatic rings. The maximum Gasteiger partial charge on any atom is 0.0785 e. The molecule has 0 aliphatic heterocycles. The van der Waals surface area contributed by atoms with Crippen molar-refractivity contribution in [3.05, 3.63) is 17.4 Å². The molecule has 0 spiro atoms. The molecule has 0 saturated carbocycles. The summed E-state index contributed by atoms with van der Waals surface area (Å²) in [6.45, 7) is 5.36. The lowest BCUT2D eigenvalue weighted by molar-refractivity contribution is 0.487. The van der Waals surface area contributed by atoms with E-state index in [1.807, 2.05) is 10.9 Å². The number of hydrogen-bond donors (Lipinski definition) is 0. The van der Waals surface area contributed by atoms with E-state index in [1.165, 1.54) is 0 Å². The molecule has 62 valence electrons. The molecule has 0 fully saturated rings. The summed E-state index contributed by atoms with van der Waals surface area (Å²) in [5.74, 6) is 0.720. The minimum atomic E-state index is 0.716. The van der Waals surface area contributed by atoms with Crippen LogP contribution in [0.25, 0.3) is 0 Å². The van der Waals surface area contributed by atoms with Crippen LogP contribution in [0.4, 0.5) is 0 Å². The van der Waals surface area contributed by atoms with Gasteiger partial charge in [-0.25, -0.2) is 0 Å². The third kappa shape index (κ3) is 2.93. The fourth-order valence-electron chi connectivity index (χ4n) is 0.851. The molecule has 0 unspecified atom stereocenters. The first-order valence-electron chi connectivity index (χ1n) is 3.86. The van der Waals surface area contributed by atoms with Gasteiger partial charge in [-0.2, -0.15) is 5.10 Å². The lowest BCUT2D eigenvalue weighted by Gasteiger charge is -2.03. The minimum Gasteiger partial charge on any atom is -0.271 e. The predicted molar refractivity (Wildman–Crippen MR) is 46.7 cm³/mol. The molecule has 0 aromatic carbocycles. The van der Waals surface area contributed by atoms with Crippen LogP contribution in [0.15, 0.2) is 12.4 Å². The molecule has 2 nitrogen and oxygen atoms in total. The van der Waals surface area contributed by atoms with Gasteiger partial charge in [0, 0.05) is 12.7 Å². The van der Waals surface area contributed by atoms with Crippen molar-refractivity contribution in [2.24, 2.45) is 5.92 Å². The van der Waals surface area contributed by atoms with Crippen molar-refractivity contribution in [1.82, 2.24) is 9.78 Å². The van der Waals surface area contributed by atoms with Crippen LogP contribution in [0.1, 0.15) is 20.3 Å². The molecule has 0 aliphatic carbocycles. The molecular weight excluding hydrogens is 160 g/mol. The Labute approximate surface area is 72.2 Å². The second-order valence-electron chi connectivity index (χ2n) is 3.10. The zero-order chi connectivity index (χ0) is 8.27. The highest BCUT2D eigenvalue weighted by atomic mass is 35.5. The average Bonchev–Trinajstić information content (AvgIpc) is 2.31. The highest BCUT2D eigenvalue weighted by Gasteiger charge is 1.96. The van der Waals surface area contributed by atoms with Crippen LogP contribution in [-0.4, -0.2) is 9.78 Å². The summed E-state index contributed by atoms with van der Waals surface area (Å²) >= 11 is 5.69. The molecule has 1 aromatic heterocycles. The van der Waals surface area contributed by atoms with Gasteiger partial charge in [-0.15, -0.1) is 0 Å². The van der Waals surface area contributed by atoms with Crippen molar-refractivity contribution in [3.63, 3.8) is 0 Å². The van der Waals surface area contributed by atoms with E-state index in [1.54, 1.807) is 6.20 Å². The zero-order valence-electron chi connectivity index (χ0n) is 6.92. The summed E-state index contributed by atoms with van der Waals surface area (Å²) in [5.41, 5.74) is 0. The normalized spacial score (nSPS) is 10.9. The van der Waals surface area contributed by atoms with Gasteiger partial charge in [-0.3, -0.25) is 4.68 Å². The van der Waals surface area contributed by atoms with Crippen LogP contribution in [-0.2, 0) is 6.54 Å². The summed E-state index contributed by atoms with van der Waals surface area (Å²) < 4.78 is 1.88. The molecule has 0 atom stereocenters. The summed E-state index contributed by atoms with van der Waals surface area (Å²) in [7, 11) is 0. The molecule has 0 N–H and O–H groups in total. The molecule has 0 bridgehead atoms. The molecule has 0 amide bonds. The first kappa shape index (κ1) is 8.60. The van der Waals surface area contributed by atoms with E-state index in [0.29, 0.717) is 5.02 Å². The SMILES string of the molecule is CC(C)CCn1cc(Cl)cn1. The number of nitrogens with zero attached hydrogens (tertiary/aromatic N) is 2. The van der Waals surface area contributed by atoms with E-state index >= 15 is 0 Å². The van der Waals surface area contributed by atoms with Crippen LogP contribution in [0.5, 0.6) is 0 Å². The fraction of sp³-hybridized carbons (Fsp3) is 0.625. The molecule has 3 heteroatoms. The highest BCUT2D eigenvalue weighted by molar-refractivity contribution is 6.30. The maximum absolute atomic E-state index is 5.69. The van der Waals surface area contributed by atoms with Crippen molar-refractivity contribution >= 4 is 11.6 Å². The Morgan fingerprint density at radius 2 is 2.36 bits per heavy atom. The second kappa shape index (κ2) is 3.77. The second-order valence-corrected chi connectivity index (χ2v) is 3.54. The molecule has 11 heavy (non-hydrogen) atoms. The van der Waals surface area contributed by atoms with Crippen molar-refractivity contribution < 1.29 is 0 Å². The fourth-order valence-corrected chi connectivity index (χ4v) is 1.01. The predicted octanol–water partition coefficient (Wildman–Crippen LogP) is 2.58. The van der Waals surface area contributed by atoms with Crippen molar-refractivity contribution in [3.8, 4) is 0 Å². The Morgan fingerprint density at radius 3 is 2.82 bits per heavy atom. The van der Waals surface area contributed by atoms with Crippen molar-refractivity contribution in [1.29, 1.82) is 0 Å². The number of hydrogen-bond acceptors (Lipinski definition) is 1. The minimum absolute atomic E-state index is 0.716. The molecule has 1 aromatic rings. The number of aryl methyl sites for hydroxylation is 1. The van der Waals surface area contributed by atoms with Gasteiger partial charge >= 0.3 is 0 Å². The monoisotopic (exact) mass is 172 g/mol. The van der Waals surface area contributed by atoms with Crippen LogP contribution in [0.2, 0.25) is 5.02 Å². The molecule has 0 radical (unpaired) electrons. The van der Waals surface area contributed by atoms with E-state index in [4.69, 9.17) is 11.6 Å². The topological polar surface area (TPSA) is 17.8 Å². The number of aromatic nitrogens is 2. The van der Waals surface area contributed by atoms with Gasteiger partial charge in [0.2, 0.25) is 0 Å². The molecule has 0 saturated heterocycles. The largest absolute Gasteiger partial charge is 0.271 e. The molecular formula is C8H13ClN2. The average molecular weight is 173 g/mol. The van der Waals surface area contributed by atoms with Gasteiger partial charge < -0.3 is 0 Å². The lowest BCUT2D eigenvalue weighted by Crippen LogP contribution is -2.01. The van der Waals surface area contributed by atoms with Crippen LogP contribution in [0.3, 0.4) is 0 Å². The zero-order valence-corrected chi connectivity index (χ0v) is 7.67. The summed E-state index contributed by atoms with van der Waals surface area (Å²) in [5, 5.41) is 4.79. The van der Waals surface area contributed by atoms with E-state index in [9.17, 15) is 0 Å². The Morgan fingerprint density at radius 1 is 1.64 bits per heavy atom.